The average Bonchev–Trinajstić information content (AvgIpc) is 2.62. The highest BCUT2D eigenvalue weighted by Gasteiger charge is 2.36. The van der Waals surface area contributed by atoms with Gasteiger partial charge in [-0.15, -0.1) is 0 Å². The number of carbonyl (C=O) groups is 1. The third kappa shape index (κ3) is 3.96. The third-order valence-corrected chi connectivity index (χ3v) is 4.64. The van der Waals surface area contributed by atoms with Gasteiger partial charge in [-0.2, -0.15) is 0 Å². The molecule has 0 unspecified atom stereocenters. The van der Waals surface area contributed by atoms with Crippen LogP contribution in [-0.4, -0.2) is 58.2 Å². The van der Waals surface area contributed by atoms with E-state index >= 15 is 0 Å². The van der Waals surface area contributed by atoms with Crippen LogP contribution in [0.2, 0.25) is 0 Å². The van der Waals surface area contributed by atoms with Crippen molar-refractivity contribution < 1.29 is 9.90 Å². The number of piperidine rings is 1. The average molecular weight is 340 g/mol. The summed E-state index contributed by atoms with van der Waals surface area (Å²) in [6, 6.07) is 9.29. The molecule has 1 aliphatic rings. The maximum Gasteiger partial charge on any atom is 0.253 e. The van der Waals surface area contributed by atoms with Gasteiger partial charge in [0.2, 0.25) is 5.95 Å². The maximum absolute atomic E-state index is 12.7. The van der Waals surface area contributed by atoms with Crippen molar-refractivity contribution in [1.82, 2.24) is 14.9 Å². The molecule has 0 aliphatic carbocycles. The first-order valence-corrected chi connectivity index (χ1v) is 8.54. The highest BCUT2D eigenvalue weighted by atomic mass is 16.3. The van der Waals surface area contributed by atoms with Crippen LogP contribution in [0.15, 0.2) is 42.7 Å². The Morgan fingerprint density at radius 3 is 2.72 bits per heavy atom. The number of amides is 1. The molecule has 0 radical (unpaired) electrons. The van der Waals surface area contributed by atoms with Gasteiger partial charge in [0.05, 0.1) is 18.7 Å². The summed E-state index contributed by atoms with van der Waals surface area (Å²) < 4.78 is 0. The van der Waals surface area contributed by atoms with Crippen LogP contribution in [0.4, 0.5) is 5.95 Å². The number of carbonyl (C=O) groups excluding carboxylic acids is 1. The van der Waals surface area contributed by atoms with E-state index in [1.807, 2.05) is 36.1 Å². The highest BCUT2D eigenvalue weighted by molar-refractivity contribution is 5.95. The van der Waals surface area contributed by atoms with Gasteiger partial charge in [0, 0.05) is 31.5 Å². The SMILES string of the molecule is Cc1ccccc1C(=O)N(C)C[C@@]1(O)CCCN(c2ncccn2)C1. The van der Waals surface area contributed by atoms with Gasteiger partial charge in [-0.1, -0.05) is 18.2 Å². The molecule has 132 valence electrons. The zero-order valence-electron chi connectivity index (χ0n) is 14.7. The number of β-amino-alcohol motifs (C(OH)–C–C–N with tert-alkyl or cyclic N) is 1. The molecule has 6 heteroatoms. The first-order valence-electron chi connectivity index (χ1n) is 8.54. The Balaban J connectivity index is 1.70. The molecule has 0 bridgehead atoms. The third-order valence-electron chi connectivity index (χ3n) is 4.64. The topological polar surface area (TPSA) is 69.6 Å². The van der Waals surface area contributed by atoms with Crippen LogP contribution in [-0.2, 0) is 0 Å². The summed E-state index contributed by atoms with van der Waals surface area (Å²) in [4.78, 5) is 24.8. The Kier molecular flexibility index (Phi) is 4.99. The molecular weight excluding hydrogens is 316 g/mol. The molecule has 1 N–H and O–H groups in total. The molecule has 1 aromatic heterocycles. The normalized spacial score (nSPS) is 20.4. The molecule has 6 nitrogen and oxygen atoms in total. The fourth-order valence-electron chi connectivity index (χ4n) is 3.40. The maximum atomic E-state index is 12.7. The minimum absolute atomic E-state index is 0.0698. The number of benzene rings is 1. The Hall–Kier alpha value is -2.47. The van der Waals surface area contributed by atoms with Crippen LogP contribution < -0.4 is 4.90 Å². The highest BCUT2D eigenvalue weighted by Crippen LogP contribution is 2.25. The first kappa shape index (κ1) is 17.4. The number of aryl methyl sites for hydroxylation is 1. The van der Waals surface area contributed by atoms with Crippen LogP contribution in [0, 0.1) is 6.92 Å². The quantitative estimate of drug-likeness (QED) is 0.920. The van der Waals surface area contributed by atoms with Gasteiger partial charge >= 0.3 is 0 Å². The lowest BCUT2D eigenvalue weighted by Crippen LogP contribution is -2.55. The molecule has 2 heterocycles. The molecule has 1 atom stereocenters. The van der Waals surface area contributed by atoms with Crippen molar-refractivity contribution in [1.29, 1.82) is 0 Å². The van der Waals surface area contributed by atoms with Gasteiger partial charge in [-0.05, 0) is 37.5 Å². The standard InChI is InChI=1S/C19H24N4O2/c1-15-7-3-4-8-16(15)17(24)22(2)13-19(25)9-5-12-23(14-19)18-20-10-6-11-21-18/h3-4,6-8,10-11,25H,5,9,12-14H2,1-2H3/t19-/m0/s1. The van der Waals surface area contributed by atoms with E-state index in [9.17, 15) is 9.90 Å². The molecule has 0 saturated carbocycles. The van der Waals surface area contributed by atoms with Gasteiger partial charge in [0.1, 0.15) is 0 Å². The van der Waals surface area contributed by atoms with Gasteiger partial charge < -0.3 is 14.9 Å². The summed E-state index contributed by atoms with van der Waals surface area (Å²) in [5.41, 5.74) is 0.645. The number of nitrogens with zero attached hydrogens (tertiary/aromatic N) is 4. The van der Waals surface area contributed by atoms with Gasteiger partial charge in [0.15, 0.2) is 0 Å². The molecular formula is C19H24N4O2. The fourth-order valence-corrected chi connectivity index (χ4v) is 3.40. The Bertz CT molecular complexity index is 737. The van der Waals surface area contributed by atoms with Crippen molar-refractivity contribution in [2.24, 2.45) is 0 Å². The second-order valence-electron chi connectivity index (χ2n) is 6.77. The number of aliphatic hydroxyl groups is 1. The van der Waals surface area contributed by atoms with Crippen LogP contribution in [0.1, 0.15) is 28.8 Å². The zero-order chi connectivity index (χ0) is 17.9. The van der Waals surface area contributed by atoms with E-state index < -0.39 is 5.60 Å². The monoisotopic (exact) mass is 340 g/mol. The second kappa shape index (κ2) is 7.19. The molecule has 25 heavy (non-hydrogen) atoms. The summed E-state index contributed by atoms with van der Waals surface area (Å²) in [5, 5.41) is 11.0. The lowest BCUT2D eigenvalue weighted by Gasteiger charge is -2.41. The van der Waals surface area contributed by atoms with Crippen molar-refractivity contribution >= 4 is 11.9 Å². The van der Waals surface area contributed by atoms with E-state index in [0.717, 1.165) is 18.5 Å². The lowest BCUT2D eigenvalue weighted by atomic mass is 9.92. The van der Waals surface area contributed by atoms with E-state index in [2.05, 4.69) is 9.97 Å². The van der Waals surface area contributed by atoms with Crippen molar-refractivity contribution in [3.8, 4) is 0 Å². The predicted molar refractivity (Wildman–Crippen MR) is 96.6 cm³/mol. The second-order valence-corrected chi connectivity index (χ2v) is 6.77. The summed E-state index contributed by atoms with van der Waals surface area (Å²) in [6.45, 7) is 3.43. The van der Waals surface area contributed by atoms with Crippen LogP contribution in [0.3, 0.4) is 0 Å². The largest absolute Gasteiger partial charge is 0.386 e. The fraction of sp³-hybridized carbons (Fsp3) is 0.421. The van der Waals surface area contributed by atoms with E-state index in [1.54, 1.807) is 30.4 Å². The van der Waals surface area contributed by atoms with Crippen LogP contribution in [0.25, 0.3) is 0 Å². The summed E-state index contributed by atoms with van der Waals surface area (Å²) in [7, 11) is 1.74. The smallest absolute Gasteiger partial charge is 0.253 e. The molecule has 3 rings (SSSR count). The minimum atomic E-state index is -0.968. The summed E-state index contributed by atoms with van der Waals surface area (Å²) >= 11 is 0. The molecule has 2 aromatic rings. The number of aromatic nitrogens is 2. The lowest BCUT2D eigenvalue weighted by molar-refractivity contribution is -0.000318. The number of hydrogen-bond acceptors (Lipinski definition) is 5. The first-order chi connectivity index (χ1) is 12.0. The molecule has 1 saturated heterocycles. The van der Waals surface area contributed by atoms with Crippen molar-refractivity contribution in [3.63, 3.8) is 0 Å². The van der Waals surface area contributed by atoms with Gasteiger partial charge in [0.25, 0.3) is 5.91 Å². The molecule has 1 amide bonds. The number of likely N-dealkylation sites (N-methyl/N-ethyl adjacent to an activating group) is 1. The molecule has 0 spiro atoms. The van der Waals surface area contributed by atoms with E-state index in [4.69, 9.17) is 0 Å². The van der Waals surface area contributed by atoms with Gasteiger partial charge in [-0.3, -0.25) is 4.79 Å². The minimum Gasteiger partial charge on any atom is -0.386 e. The summed E-state index contributed by atoms with van der Waals surface area (Å²) in [6.07, 6.45) is 4.89. The van der Waals surface area contributed by atoms with Crippen molar-refractivity contribution in [2.45, 2.75) is 25.4 Å². The Labute approximate surface area is 148 Å². The van der Waals surface area contributed by atoms with Gasteiger partial charge in [-0.25, -0.2) is 9.97 Å². The van der Waals surface area contributed by atoms with Crippen LogP contribution >= 0.6 is 0 Å². The van der Waals surface area contributed by atoms with E-state index in [-0.39, 0.29) is 12.5 Å². The molecule has 1 fully saturated rings. The molecule has 1 aromatic carbocycles. The van der Waals surface area contributed by atoms with E-state index in [1.165, 1.54) is 0 Å². The predicted octanol–water partition coefficient (Wildman–Crippen LogP) is 1.89. The van der Waals surface area contributed by atoms with E-state index in [0.29, 0.717) is 24.5 Å². The Morgan fingerprint density at radius 1 is 1.28 bits per heavy atom. The number of anilines is 1. The van der Waals surface area contributed by atoms with Crippen LogP contribution in [0.5, 0.6) is 0 Å². The zero-order valence-corrected chi connectivity index (χ0v) is 14.7. The molecule has 1 aliphatic heterocycles. The number of rotatable bonds is 4. The van der Waals surface area contributed by atoms with Crippen molar-refractivity contribution in [2.75, 3.05) is 31.6 Å². The number of hydrogen-bond donors (Lipinski definition) is 1. The van der Waals surface area contributed by atoms with Crippen molar-refractivity contribution in [3.05, 3.63) is 53.9 Å². The summed E-state index contributed by atoms with van der Waals surface area (Å²) in [5.74, 6) is 0.549. The Morgan fingerprint density at radius 2 is 2.00 bits per heavy atom.